The topological polar surface area (TPSA) is 93.6 Å². The van der Waals surface area contributed by atoms with Crippen LogP contribution in [-0.4, -0.2) is 44.4 Å². The van der Waals surface area contributed by atoms with E-state index in [0.29, 0.717) is 16.9 Å². The Morgan fingerprint density at radius 2 is 2.04 bits per heavy atom. The van der Waals surface area contributed by atoms with Crippen LogP contribution in [-0.2, 0) is 0 Å². The van der Waals surface area contributed by atoms with Crippen LogP contribution in [0.5, 0.6) is 5.75 Å². The molecule has 0 atom stereocenters. The first-order valence-corrected chi connectivity index (χ1v) is 8.98. The number of benzene rings is 1. The first-order chi connectivity index (χ1) is 12.9. The smallest absolute Gasteiger partial charge is 0.259 e. The van der Waals surface area contributed by atoms with Crippen molar-refractivity contribution in [2.24, 2.45) is 5.73 Å². The average molecular weight is 376 g/mol. The number of nitrogens with two attached hydrogens (primary N) is 1. The van der Waals surface area contributed by atoms with E-state index in [2.05, 4.69) is 10.5 Å². The molecule has 1 amide bonds. The first kappa shape index (κ1) is 19.2. The van der Waals surface area contributed by atoms with Crippen molar-refractivity contribution in [2.45, 2.75) is 37.8 Å². The van der Waals surface area contributed by atoms with Crippen LogP contribution in [0.1, 0.15) is 36.0 Å². The zero-order valence-corrected chi connectivity index (χ0v) is 15.8. The molecule has 1 aromatic heterocycles. The molecule has 0 aliphatic heterocycles. The van der Waals surface area contributed by atoms with E-state index in [0.717, 1.165) is 25.7 Å². The van der Waals surface area contributed by atoms with Crippen LogP contribution in [0.15, 0.2) is 22.7 Å². The molecular formula is C19H25FN4O3. The predicted octanol–water partition coefficient (Wildman–Crippen LogP) is 2.56. The number of aromatic nitrogens is 1. The Labute approximate surface area is 157 Å². The fourth-order valence-electron chi connectivity index (χ4n) is 3.31. The highest BCUT2D eigenvalue weighted by atomic mass is 19.1. The molecule has 0 bridgehead atoms. The van der Waals surface area contributed by atoms with Crippen LogP contribution < -0.4 is 20.7 Å². The highest BCUT2D eigenvalue weighted by Gasteiger charge is 2.28. The second-order valence-electron chi connectivity index (χ2n) is 7.04. The molecule has 0 saturated heterocycles. The van der Waals surface area contributed by atoms with Gasteiger partial charge in [-0.15, -0.1) is 0 Å². The predicted molar refractivity (Wildman–Crippen MR) is 100 cm³/mol. The molecule has 27 heavy (non-hydrogen) atoms. The zero-order valence-electron chi connectivity index (χ0n) is 15.8. The third-order valence-corrected chi connectivity index (χ3v) is 4.85. The largest absolute Gasteiger partial charge is 0.494 e. The molecule has 1 aliphatic carbocycles. The van der Waals surface area contributed by atoms with Crippen LogP contribution in [0.25, 0.3) is 11.3 Å². The minimum absolute atomic E-state index is 0.0674. The summed E-state index contributed by atoms with van der Waals surface area (Å²) in [5, 5.41) is 7.09. The Kier molecular flexibility index (Phi) is 5.65. The van der Waals surface area contributed by atoms with Gasteiger partial charge in [-0.1, -0.05) is 5.16 Å². The third-order valence-electron chi connectivity index (χ3n) is 4.85. The lowest BCUT2D eigenvalue weighted by molar-refractivity contribution is 0.0926. The first-order valence-electron chi connectivity index (χ1n) is 8.98. The minimum Gasteiger partial charge on any atom is -0.494 e. The van der Waals surface area contributed by atoms with Gasteiger partial charge in [-0.05, 0) is 43.9 Å². The van der Waals surface area contributed by atoms with Gasteiger partial charge in [0.05, 0.1) is 7.11 Å². The van der Waals surface area contributed by atoms with Crippen molar-refractivity contribution in [3.63, 3.8) is 0 Å². The number of carbonyl (C=O) groups excluding carboxylic acids is 1. The van der Waals surface area contributed by atoms with Crippen molar-refractivity contribution in [3.8, 4) is 17.1 Å². The molecule has 1 fully saturated rings. The van der Waals surface area contributed by atoms with E-state index >= 15 is 0 Å². The molecular weight excluding hydrogens is 351 g/mol. The maximum absolute atomic E-state index is 13.7. The fraction of sp³-hybridized carbons (Fsp3) is 0.474. The standard InChI is InChI=1S/C19H25FN4O3/c1-24(2)18-16(19(25)22-13-7-5-12(21)6-8-13)17(27-23-18)11-4-9-14(20)15(10-11)26-3/h4,9-10,12-13H,5-8,21H2,1-3H3,(H,22,25). The molecule has 0 radical (unpaired) electrons. The van der Waals surface area contributed by atoms with Crippen LogP contribution in [0.4, 0.5) is 10.2 Å². The zero-order chi connectivity index (χ0) is 19.6. The van der Waals surface area contributed by atoms with Crippen molar-refractivity contribution < 1.29 is 18.4 Å². The number of carbonyl (C=O) groups is 1. The van der Waals surface area contributed by atoms with Gasteiger partial charge in [0.1, 0.15) is 5.56 Å². The SMILES string of the molecule is COc1cc(-c2onc(N(C)C)c2C(=O)NC2CCC(N)CC2)ccc1F. The molecule has 1 heterocycles. The summed E-state index contributed by atoms with van der Waals surface area (Å²) in [6, 6.07) is 4.57. The number of halogens is 1. The Bertz CT molecular complexity index is 813. The summed E-state index contributed by atoms with van der Waals surface area (Å²) in [5.41, 5.74) is 6.78. The van der Waals surface area contributed by atoms with Crippen molar-refractivity contribution in [2.75, 3.05) is 26.1 Å². The van der Waals surface area contributed by atoms with E-state index in [1.807, 2.05) is 0 Å². The van der Waals surface area contributed by atoms with Crippen LogP contribution in [0.2, 0.25) is 0 Å². The number of anilines is 1. The number of ether oxygens (including phenoxy) is 1. The molecule has 1 saturated carbocycles. The van der Waals surface area contributed by atoms with Gasteiger partial charge in [-0.2, -0.15) is 0 Å². The molecule has 2 aromatic rings. The summed E-state index contributed by atoms with van der Waals surface area (Å²) >= 11 is 0. The molecule has 8 heteroatoms. The van der Waals surface area contributed by atoms with Crippen molar-refractivity contribution in [3.05, 3.63) is 29.6 Å². The molecule has 3 rings (SSSR count). The number of hydrogen-bond acceptors (Lipinski definition) is 6. The van der Waals surface area contributed by atoms with E-state index < -0.39 is 5.82 Å². The quantitative estimate of drug-likeness (QED) is 0.833. The molecule has 146 valence electrons. The molecule has 1 aliphatic rings. The lowest BCUT2D eigenvalue weighted by Crippen LogP contribution is -2.40. The van der Waals surface area contributed by atoms with Gasteiger partial charge in [0.25, 0.3) is 5.91 Å². The number of methoxy groups -OCH3 is 1. The van der Waals surface area contributed by atoms with Gasteiger partial charge in [0.15, 0.2) is 23.1 Å². The summed E-state index contributed by atoms with van der Waals surface area (Å²) in [7, 11) is 4.95. The third kappa shape index (κ3) is 4.05. The van der Waals surface area contributed by atoms with Crippen LogP contribution >= 0.6 is 0 Å². The van der Waals surface area contributed by atoms with Gasteiger partial charge in [0.2, 0.25) is 0 Å². The van der Waals surface area contributed by atoms with E-state index in [1.165, 1.54) is 25.3 Å². The van der Waals surface area contributed by atoms with Gasteiger partial charge in [0, 0.05) is 31.7 Å². The van der Waals surface area contributed by atoms with E-state index in [1.54, 1.807) is 19.0 Å². The molecule has 3 N–H and O–H groups in total. The van der Waals surface area contributed by atoms with Gasteiger partial charge >= 0.3 is 0 Å². The molecule has 0 spiro atoms. The Balaban J connectivity index is 1.93. The molecule has 1 aromatic carbocycles. The summed E-state index contributed by atoms with van der Waals surface area (Å²) in [4.78, 5) is 14.7. The Morgan fingerprint density at radius 3 is 2.67 bits per heavy atom. The lowest BCUT2D eigenvalue weighted by Gasteiger charge is -2.27. The van der Waals surface area contributed by atoms with Crippen molar-refractivity contribution >= 4 is 11.7 Å². The normalized spacial score (nSPS) is 19.6. The van der Waals surface area contributed by atoms with E-state index in [4.69, 9.17) is 15.0 Å². The minimum atomic E-state index is -0.488. The second kappa shape index (κ2) is 7.96. The Morgan fingerprint density at radius 1 is 1.33 bits per heavy atom. The summed E-state index contributed by atoms with van der Waals surface area (Å²) in [5.74, 6) is 0.0140. The van der Waals surface area contributed by atoms with Crippen molar-refractivity contribution in [1.82, 2.24) is 10.5 Å². The van der Waals surface area contributed by atoms with Crippen molar-refractivity contribution in [1.29, 1.82) is 0 Å². The van der Waals surface area contributed by atoms with Crippen LogP contribution in [0, 0.1) is 5.82 Å². The molecule has 0 unspecified atom stereocenters. The average Bonchev–Trinajstić information content (AvgIpc) is 3.09. The number of hydrogen-bond donors (Lipinski definition) is 2. The number of rotatable bonds is 5. The van der Waals surface area contributed by atoms with E-state index in [9.17, 15) is 9.18 Å². The van der Waals surface area contributed by atoms with Gasteiger partial charge in [-0.3, -0.25) is 4.79 Å². The highest BCUT2D eigenvalue weighted by Crippen LogP contribution is 2.33. The number of amides is 1. The highest BCUT2D eigenvalue weighted by molar-refractivity contribution is 6.04. The summed E-state index contributed by atoms with van der Waals surface area (Å²) < 4.78 is 24.2. The fourth-order valence-corrected chi connectivity index (χ4v) is 3.31. The molecule has 7 nitrogen and oxygen atoms in total. The van der Waals surface area contributed by atoms with Crippen LogP contribution in [0.3, 0.4) is 0 Å². The second-order valence-corrected chi connectivity index (χ2v) is 7.04. The number of nitrogens with zero attached hydrogens (tertiary/aromatic N) is 2. The monoisotopic (exact) mass is 376 g/mol. The van der Waals surface area contributed by atoms with Gasteiger partial charge in [-0.25, -0.2) is 4.39 Å². The maximum atomic E-state index is 13.7. The number of nitrogens with one attached hydrogen (secondary N) is 1. The summed E-state index contributed by atoms with van der Waals surface area (Å²) in [6.45, 7) is 0. The van der Waals surface area contributed by atoms with Gasteiger partial charge < -0.3 is 25.2 Å². The lowest BCUT2D eigenvalue weighted by atomic mass is 9.91. The Hall–Kier alpha value is -2.61. The van der Waals surface area contributed by atoms with E-state index in [-0.39, 0.29) is 29.5 Å². The maximum Gasteiger partial charge on any atom is 0.259 e. The summed E-state index contributed by atoms with van der Waals surface area (Å²) in [6.07, 6.45) is 3.46.